The summed E-state index contributed by atoms with van der Waals surface area (Å²) in [5.41, 5.74) is 5.31. The largest absolute Gasteiger partial charge is 0.273 e. The van der Waals surface area contributed by atoms with Gasteiger partial charge >= 0.3 is 0 Å². The lowest BCUT2D eigenvalue weighted by Gasteiger charge is -2.05. The molecule has 3 rings (SSSR count). The van der Waals surface area contributed by atoms with Crippen molar-refractivity contribution in [2.45, 2.75) is 13.3 Å². The van der Waals surface area contributed by atoms with Crippen LogP contribution in [0.5, 0.6) is 0 Å². The summed E-state index contributed by atoms with van der Waals surface area (Å²) >= 11 is 0. The first-order valence-electron chi connectivity index (χ1n) is 7.93. The number of rotatable bonds is 6. The van der Waals surface area contributed by atoms with Gasteiger partial charge in [-0.25, -0.2) is 10.1 Å². The third-order valence-electron chi connectivity index (χ3n) is 3.74. The zero-order valence-electron chi connectivity index (χ0n) is 14.3. The third-order valence-corrected chi connectivity index (χ3v) is 3.74. The molecule has 2 aromatic carbocycles. The molecule has 0 aliphatic carbocycles. The highest BCUT2D eigenvalue weighted by Crippen LogP contribution is 2.12. The molecule has 1 aromatic heterocycles. The smallest absolute Gasteiger partial charge is 0.269 e. The second-order valence-electron chi connectivity index (χ2n) is 5.64. The second kappa shape index (κ2) is 7.95. The molecule has 136 valence electrons. The molecule has 10 nitrogen and oxygen atoms in total. The zero-order valence-corrected chi connectivity index (χ0v) is 14.3. The van der Waals surface area contributed by atoms with Gasteiger partial charge in [0.2, 0.25) is 5.91 Å². The maximum absolute atomic E-state index is 12.0. The maximum Gasteiger partial charge on any atom is 0.269 e. The van der Waals surface area contributed by atoms with Crippen LogP contribution in [-0.4, -0.2) is 36.7 Å². The summed E-state index contributed by atoms with van der Waals surface area (Å²) in [6.45, 7) is 1.77. The van der Waals surface area contributed by atoms with E-state index in [1.54, 1.807) is 19.1 Å². The van der Waals surface area contributed by atoms with Crippen LogP contribution in [-0.2, 0) is 11.2 Å². The van der Waals surface area contributed by atoms with Crippen LogP contribution in [0.15, 0.2) is 60.0 Å². The van der Waals surface area contributed by atoms with Gasteiger partial charge in [-0.05, 0) is 40.6 Å². The monoisotopic (exact) mass is 365 g/mol. The standard InChI is InChI=1S/C17H15N7O3/c1-12(14-3-2-4-16(10-14)23-11-18-21-22-23)19-20-17(25)9-13-5-7-15(8-6-13)24(26)27/h2-8,10-11H,9H2,1H3,(H,20,25)/b19-12-. The number of nitrogens with one attached hydrogen (secondary N) is 1. The molecule has 1 N–H and O–H groups in total. The molecule has 0 saturated heterocycles. The molecule has 1 heterocycles. The van der Waals surface area contributed by atoms with Gasteiger partial charge in [0.25, 0.3) is 5.69 Å². The Morgan fingerprint density at radius 2 is 2.04 bits per heavy atom. The molecule has 0 aliphatic rings. The van der Waals surface area contributed by atoms with Gasteiger partial charge in [-0.1, -0.05) is 24.3 Å². The van der Waals surface area contributed by atoms with Crippen molar-refractivity contribution in [2.24, 2.45) is 5.10 Å². The first kappa shape index (κ1) is 17.9. The Bertz CT molecular complexity index is 982. The Morgan fingerprint density at radius 3 is 2.70 bits per heavy atom. The number of carbonyl (C=O) groups is 1. The van der Waals surface area contributed by atoms with E-state index in [2.05, 4.69) is 26.1 Å². The Labute approximate surface area is 153 Å². The van der Waals surface area contributed by atoms with Gasteiger partial charge < -0.3 is 0 Å². The molecule has 0 spiro atoms. The zero-order chi connectivity index (χ0) is 19.2. The number of amides is 1. The maximum atomic E-state index is 12.0. The summed E-state index contributed by atoms with van der Waals surface area (Å²) < 4.78 is 1.52. The number of nitro benzene ring substituents is 1. The highest BCUT2D eigenvalue weighted by atomic mass is 16.6. The van der Waals surface area contributed by atoms with Crippen molar-refractivity contribution in [3.05, 3.63) is 76.1 Å². The highest BCUT2D eigenvalue weighted by Gasteiger charge is 2.08. The Morgan fingerprint density at radius 1 is 1.26 bits per heavy atom. The summed E-state index contributed by atoms with van der Waals surface area (Å²) in [5.74, 6) is -0.320. The van der Waals surface area contributed by atoms with Crippen LogP contribution in [0.3, 0.4) is 0 Å². The van der Waals surface area contributed by atoms with Crippen molar-refractivity contribution in [1.82, 2.24) is 25.6 Å². The van der Waals surface area contributed by atoms with Crippen molar-refractivity contribution in [3.8, 4) is 5.69 Å². The van der Waals surface area contributed by atoms with E-state index < -0.39 is 4.92 Å². The van der Waals surface area contributed by atoms with Gasteiger partial charge in [-0.2, -0.15) is 5.10 Å². The molecule has 27 heavy (non-hydrogen) atoms. The van der Waals surface area contributed by atoms with Gasteiger partial charge in [-0.3, -0.25) is 14.9 Å². The second-order valence-corrected chi connectivity index (χ2v) is 5.64. The van der Waals surface area contributed by atoms with Gasteiger partial charge in [0.05, 0.1) is 22.7 Å². The van der Waals surface area contributed by atoms with E-state index in [1.165, 1.54) is 23.1 Å². The minimum Gasteiger partial charge on any atom is -0.273 e. The third kappa shape index (κ3) is 4.57. The van der Waals surface area contributed by atoms with Crippen molar-refractivity contribution in [1.29, 1.82) is 0 Å². The fraction of sp³-hybridized carbons (Fsp3) is 0.118. The van der Waals surface area contributed by atoms with Crippen molar-refractivity contribution >= 4 is 17.3 Å². The molecule has 0 bridgehead atoms. The fourth-order valence-electron chi connectivity index (χ4n) is 2.32. The van der Waals surface area contributed by atoms with Crippen molar-refractivity contribution < 1.29 is 9.72 Å². The molecule has 0 radical (unpaired) electrons. The van der Waals surface area contributed by atoms with Crippen LogP contribution in [0.4, 0.5) is 5.69 Å². The van der Waals surface area contributed by atoms with Crippen molar-refractivity contribution in [2.75, 3.05) is 0 Å². The number of non-ortho nitro benzene ring substituents is 1. The topological polar surface area (TPSA) is 128 Å². The van der Waals surface area contributed by atoms with Crippen LogP contribution in [0.2, 0.25) is 0 Å². The molecule has 0 unspecified atom stereocenters. The molecule has 10 heteroatoms. The Kier molecular flexibility index (Phi) is 5.26. The van der Waals surface area contributed by atoms with Crippen LogP contribution in [0.25, 0.3) is 5.69 Å². The quantitative estimate of drug-likeness (QED) is 0.402. The normalized spacial score (nSPS) is 11.2. The fourth-order valence-corrected chi connectivity index (χ4v) is 2.32. The predicted octanol–water partition coefficient (Wildman–Crippen LogP) is 1.65. The number of hydrogen-bond donors (Lipinski definition) is 1. The number of carbonyl (C=O) groups excluding carboxylic acids is 1. The first-order valence-corrected chi connectivity index (χ1v) is 7.93. The van der Waals surface area contributed by atoms with Gasteiger partial charge in [0.1, 0.15) is 6.33 Å². The average molecular weight is 365 g/mol. The molecular weight excluding hydrogens is 350 g/mol. The van der Waals surface area contributed by atoms with Crippen LogP contribution >= 0.6 is 0 Å². The summed E-state index contributed by atoms with van der Waals surface area (Å²) in [4.78, 5) is 22.2. The number of benzene rings is 2. The molecule has 1 amide bonds. The Balaban J connectivity index is 1.64. The summed E-state index contributed by atoms with van der Waals surface area (Å²) in [5, 5.41) is 25.8. The van der Waals surface area contributed by atoms with E-state index in [4.69, 9.17) is 0 Å². The van der Waals surface area contributed by atoms with Crippen molar-refractivity contribution in [3.63, 3.8) is 0 Å². The number of tetrazole rings is 1. The van der Waals surface area contributed by atoms with Gasteiger partial charge in [-0.15, -0.1) is 5.10 Å². The molecular formula is C17H15N7O3. The number of aromatic nitrogens is 4. The lowest BCUT2D eigenvalue weighted by Crippen LogP contribution is -2.21. The molecule has 0 saturated carbocycles. The SMILES string of the molecule is C/C(=N/NC(=O)Cc1ccc([N+](=O)[O-])cc1)c1cccc(-n2cnnn2)c1. The Hall–Kier alpha value is -3.95. The van der Waals surface area contributed by atoms with Crippen LogP contribution < -0.4 is 5.43 Å². The van der Waals surface area contributed by atoms with Gasteiger partial charge in [0.15, 0.2) is 0 Å². The minimum absolute atomic E-state index is 0.0181. The number of nitrogens with zero attached hydrogens (tertiary/aromatic N) is 6. The van der Waals surface area contributed by atoms with E-state index in [0.717, 1.165) is 11.3 Å². The summed E-state index contributed by atoms with van der Waals surface area (Å²) in [6.07, 6.45) is 1.55. The predicted molar refractivity (Wildman–Crippen MR) is 96.3 cm³/mol. The molecule has 0 fully saturated rings. The average Bonchev–Trinajstić information content (AvgIpc) is 3.21. The lowest BCUT2D eigenvalue weighted by atomic mass is 10.1. The van der Waals surface area contributed by atoms with Crippen LogP contribution in [0.1, 0.15) is 18.1 Å². The van der Waals surface area contributed by atoms with E-state index in [9.17, 15) is 14.9 Å². The minimum atomic E-state index is -0.485. The van der Waals surface area contributed by atoms with E-state index in [0.29, 0.717) is 11.3 Å². The lowest BCUT2D eigenvalue weighted by molar-refractivity contribution is -0.384. The van der Waals surface area contributed by atoms with E-state index in [1.807, 2.05) is 24.3 Å². The molecule has 0 atom stereocenters. The summed E-state index contributed by atoms with van der Waals surface area (Å²) in [6, 6.07) is 13.2. The number of nitro groups is 1. The number of hydrazone groups is 1. The van der Waals surface area contributed by atoms with E-state index in [-0.39, 0.29) is 18.0 Å². The summed E-state index contributed by atoms with van der Waals surface area (Å²) in [7, 11) is 0. The number of hydrogen-bond acceptors (Lipinski definition) is 7. The van der Waals surface area contributed by atoms with Crippen LogP contribution in [0, 0.1) is 10.1 Å². The van der Waals surface area contributed by atoms with Gasteiger partial charge in [0, 0.05) is 12.1 Å². The highest BCUT2D eigenvalue weighted by molar-refractivity contribution is 5.99. The van der Waals surface area contributed by atoms with E-state index >= 15 is 0 Å². The first-order chi connectivity index (χ1) is 13.0. The molecule has 0 aliphatic heterocycles. The molecule has 3 aromatic rings.